The summed E-state index contributed by atoms with van der Waals surface area (Å²) in [7, 11) is -3.34. The number of carbonyl (C=O) groups excluding carboxylic acids is 2. The van der Waals surface area contributed by atoms with Crippen LogP contribution >= 0.6 is 7.44 Å². The van der Waals surface area contributed by atoms with Crippen molar-refractivity contribution in [2.24, 2.45) is 0 Å². The van der Waals surface area contributed by atoms with Crippen LogP contribution in [0.3, 0.4) is 0 Å². The van der Waals surface area contributed by atoms with Gasteiger partial charge in [-0.1, -0.05) is 67.6 Å². The predicted molar refractivity (Wildman–Crippen MR) is 126 cm³/mol. The normalized spacial score (nSPS) is 14.7. The first kappa shape index (κ1) is 25.8. The molecule has 32 heavy (non-hydrogen) atoms. The van der Waals surface area contributed by atoms with Gasteiger partial charge in [0.2, 0.25) is 7.44 Å². The molecule has 2 aromatic rings. The molecule has 2 rings (SSSR count). The maximum Gasteiger partial charge on any atom is 0.323 e. The van der Waals surface area contributed by atoms with Crippen LogP contribution < -0.4 is 10.2 Å². The molecule has 0 bridgehead atoms. The Morgan fingerprint density at radius 3 is 1.44 bits per heavy atom. The number of esters is 2. The molecule has 174 valence electrons. The summed E-state index contributed by atoms with van der Waals surface area (Å²) in [5, 5.41) is 5.98. The summed E-state index contributed by atoms with van der Waals surface area (Å²) in [6.45, 7) is 5.64. The lowest BCUT2D eigenvalue weighted by Crippen LogP contribution is -2.46. The SMILES string of the molecule is CCOC(=O)C(Cc1ccccc1)NP(=O)(CC)NC(Cc1ccccc1)C(=O)OCC. The van der Waals surface area contributed by atoms with Crippen molar-refractivity contribution in [2.45, 2.75) is 45.7 Å². The highest BCUT2D eigenvalue weighted by molar-refractivity contribution is 7.59. The second-order valence-corrected chi connectivity index (χ2v) is 9.93. The van der Waals surface area contributed by atoms with Gasteiger partial charge in [-0.05, 0) is 37.8 Å². The van der Waals surface area contributed by atoms with Crippen molar-refractivity contribution in [3.05, 3.63) is 71.8 Å². The molecular formula is C24H33N2O5P. The zero-order valence-electron chi connectivity index (χ0n) is 19.0. The molecule has 0 aromatic heterocycles. The molecule has 0 saturated heterocycles. The second kappa shape index (κ2) is 13.2. The fourth-order valence-electron chi connectivity index (χ4n) is 3.27. The number of carbonyl (C=O) groups is 2. The van der Waals surface area contributed by atoms with Gasteiger partial charge in [-0.25, -0.2) is 10.2 Å². The topological polar surface area (TPSA) is 93.7 Å². The largest absolute Gasteiger partial charge is 0.465 e. The van der Waals surface area contributed by atoms with E-state index in [0.29, 0.717) is 12.8 Å². The Morgan fingerprint density at radius 2 is 1.12 bits per heavy atom. The quantitative estimate of drug-likeness (QED) is 0.348. The van der Waals surface area contributed by atoms with Crippen molar-refractivity contribution in [1.82, 2.24) is 10.2 Å². The van der Waals surface area contributed by atoms with E-state index in [9.17, 15) is 14.2 Å². The molecule has 0 spiro atoms. The van der Waals surface area contributed by atoms with Crippen molar-refractivity contribution in [1.29, 1.82) is 0 Å². The van der Waals surface area contributed by atoms with Crippen molar-refractivity contribution in [3.8, 4) is 0 Å². The number of nitrogens with one attached hydrogen (secondary N) is 2. The number of hydrogen-bond acceptors (Lipinski definition) is 5. The smallest absolute Gasteiger partial charge is 0.323 e. The zero-order chi connectivity index (χ0) is 23.4. The molecule has 2 N–H and O–H groups in total. The van der Waals surface area contributed by atoms with Crippen LogP contribution in [-0.4, -0.2) is 43.4 Å². The number of hydrogen-bond donors (Lipinski definition) is 2. The van der Waals surface area contributed by atoms with Crippen LogP contribution in [0.2, 0.25) is 0 Å². The fraction of sp³-hybridized carbons (Fsp3) is 0.417. The minimum Gasteiger partial charge on any atom is -0.465 e. The molecule has 2 aromatic carbocycles. The molecular weight excluding hydrogens is 427 g/mol. The van der Waals surface area contributed by atoms with Crippen LogP contribution in [0.15, 0.2) is 60.7 Å². The monoisotopic (exact) mass is 460 g/mol. The van der Waals surface area contributed by atoms with E-state index in [1.54, 1.807) is 20.8 Å². The second-order valence-electron chi connectivity index (χ2n) is 7.30. The molecule has 7 nitrogen and oxygen atoms in total. The van der Waals surface area contributed by atoms with Crippen molar-refractivity contribution < 1.29 is 23.6 Å². The third kappa shape index (κ3) is 8.23. The van der Waals surface area contributed by atoms with Crippen LogP contribution in [0.4, 0.5) is 0 Å². The molecule has 0 heterocycles. The Bertz CT molecular complexity index is 822. The number of benzene rings is 2. The molecule has 0 aliphatic rings. The summed E-state index contributed by atoms with van der Waals surface area (Å²) >= 11 is 0. The number of ether oxygens (including phenoxy) is 2. The Hall–Kier alpha value is -2.47. The third-order valence-electron chi connectivity index (χ3n) is 4.88. The van der Waals surface area contributed by atoms with Crippen molar-refractivity contribution in [2.75, 3.05) is 19.4 Å². The van der Waals surface area contributed by atoms with Crippen LogP contribution in [0, 0.1) is 0 Å². The average molecular weight is 461 g/mol. The minimum atomic E-state index is -3.34. The van der Waals surface area contributed by atoms with Crippen molar-refractivity contribution in [3.63, 3.8) is 0 Å². The van der Waals surface area contributed by atoms with E-state index >= 15 is 0 Å². The van der Waals surface area contributed by atoms with E-state index in [1.807, 2.05) is 60.7 Å². The van der Waals surface area contributed by atoms with Crippen LogP contribution in [-0.2, 0) is 36.5 Å². The Balaban J connectivity index is 2.24. The molecule has 0 radical (unpaired) electrons. The summed E-state index contributed by atoms with van der Waals surface area (Å²) in [6, 6.07) is 17.2. The van der Waals surface area contributed by atoms with Gasteiger partial charge in [0.05, 0.1) is 13.2 Å². The van der Waals surface area contributed by atoms with Crippen LogP contribution in [0.5, 0.6) is 0 Å². The van der Waals surface area contributed by atoms with E-state index in [2.05, 4.69) is 10.2 Å². The van der Waals surface area contributed by atoms with Crippen LogP contribution in [0.1, 0.15) is 31.9 Å². The molecule has 0 fully saturated rings. The maximum absolute atomic E-state index is 13.8. The highest BCUT2D eigenvalue weighted by Gasteiger charge is 2.34. The van der Waals surface area contributed by atoms with Crippen molar-refractivity contribution >= 4 is 19.4 Å². The molecule has 8 heteroatoms. The Kier molecular flexibility index (Phi) is 10.6. The summed E-state index contributed by atoms with van der Waals surface area (Å²) in [6.07, 6.45) is 0.824. The summed E-state index contributed by atoms with van der Waals surface area (Å²) in [5.74, 6) is -0.967. The van der Waals surface area contributed by atoms with Gasteiger partial charge in [0.1, 0.15) is 12.1 Å². The van der Waals surface area contributed by atoms with E-state index in [0.717, 1.165) is 11.1 Å². The Morgan fingerprint density at radius 1 is 0.750 bits per heavy atom. The third-order valence-corrected chi connectivity index (χ3v) is 7.23. The molecule has 0 aliphatic heterocycles. The predicted octanol–water partition coefficient (Wildman–Crippen LogP) is 3.73. The van der Waals surface area contributed by atoms with E-state index < -0.39 is 31.5 Å². The standard InChI is InChI=1S/C24H33N2O5P/c1-4-30-23(27)21(17-19-13-9-7-10-14-19)25-32(29,6-3)26-22(24(28)31-5-2)18-20-15-11-8-12-16-20/h7-16,21-22H,4-6,17-18H2,1-3H3,(H2,25,26,29). The first-order valence-electron chi connectivity index (χ1n) is 11.0. The first-order chi connectivity index (χ1) is 15.4. The maximum atomic E-state index is 13.8. The minimum absolute atomic E-state index is 0.197. The lowest BCUT2D eigenvalue weighted by atomic mass is 10.1. The van der Waals surface area contributed by atoms with Gasteiger partial charge < -0.3 is 9.47 Å². The van der Waals surface area contributed by atoms with Gasteiger partial charge in [-0.15, -0.1) is 0 Å². The Labute approximate surface area is 190 Å². The first-order valence-corrected chi connectivity index (χ1v) is 12.9. The average Bonchev–Trinajstić information content (AvgIpc) is 2.80. The lowest BCUT2D eigenvalue weighted by molar-refractivity contribution is -0.145. The lowest BCUT2D eigenvalue weighted by Gasteiger charge is -2.28. The zero-order valence-corrected chi connectivity index (χ0v) is 19.8. The van der Waals surface area contributed by atoms with Gasteiger partial charge in [-0.2, -0.15) is 0 Å². The summed E-state index contributed by atoms with van der Waals surface area (Å²) in [5.41, 5.74) is 1.82. The van der Waals surface area contributed by atoms with E-state index in [1.165, 1.54) is 0 Å². The molecule has 0 saturated carbocycles. The van der Waals surface area contributed by atoms with E-state index in [-0.39, 0.29) is 19.4 Å². The fourth-order valence-corrected chi connectivity index (χ4v) is 5.11. The summed E-state index contributed by atoms with van der Waals surface area (Å²) in [4.78, 5) is 25.3. The molecule has 2 atom stereocenters. The highest BCUT2D eigenvalue weighted by atomic mass is 31.2. The van der Waals surface area contributed by atoms with Gasteiger partial charge in [0, 0.05) is 6.16 Å². The molecule has 2 unspecified atom stereocenters. The van der Waals surface area contributed by atoms with Crippen LogP contribution in [0.25, 0.3) is 0 Å². The van der Waals surface area contributed by atoms with Gasteiger partial charge in [0.25, 0.3) is 0 Å². The van der Waals surface area contributed by atoms with E-state index in [4.69, 9.17) is 9.47 Å². The molecule has 0 amide bonds. The van der Waals surface area contributed by atoms with Gasteiger partial charge >= 0.3 is 11.9 Å². The molecule has 0 aliphatic carbocycles. The highest BCUT2D eigenvalue weighted by Crippen LogP contribution is 2.38. The van der Waals surface area contributed by atoms with Gasteiger partial charge in [0.15, 0.2) is 0 Å². The number of rotatable bonds is 13. The van der Waals surface area contributed by atoms with Gasteiger partial charge in [-0.3, -0.25) is 14.2 Å². The summed E-state index contributed by atoms with van der Waals surface area (Å²) < 4.78 is 24.2.